The number of hydrogen-bond donors (Lipinski definition) is 2. The Morgan fingerprint density at radius 3 is 1.13 bits per heavy atom. The van der Waals surface area contributed by atoms with Gasteiger partial charge in [0.15, 0.2) is 0 Å². The van der Waals surface area contributed by atoms with E-state index in [4.69, 9.17) is 9.47 Å². The zero-order chi connectivity index (χ0) is 32.8. The molecule has 2 aliphatic heterocycles. The van der Waals surface area contributed by atoms with Crippen molar-refractivity contribution in [1.29, 1.82) is 0 Å². The lowest BCUT2D eigenvalue weighted by molar-refractivity contribution is 0.0650. The van der Waals surface area contributed by atoms with Gasteiger partial charge in [-0.3, -0.25) is 9.80 Å². The third-order valence-corrected chi connectivity index (χ3v) is 9.29. The van der Waals surface area contributed by atoms with Crippen LogP contribution in [0.3, 0.4) is 0 Å². The van der Waals surface area contributed by atoms with E-state index in [-0.39, 0.29) is 13.2 Å². The van der Waals surface area contributed by atoms with Gasteiger partial charge in [0.1, 0.15) is 36.9 Å². The molecule has 5 rings (SSSR count). The lowest BCUT2D eigenvalue weighted by Gasteiger charge is -2.38. The van der Waals surface area contributed by atoms with Crippen LogP contribution in [-0.4, -0.2) is 111 Å². The molecule has 3 aromatic rings. The number of ether oxygens (including phenoxy) is 2. The number of anilines is 2. The Bertz CT molecular complexity index is 1270. The highest BCUT2D eigenvalue weighted by molar-refractivity contribution is 5.61. The first-order valence-corrected chi connectivity index (χ1v) is 16.9. The van der Waals surface area contributed by atoms with Crippen LogP contribution in [0.5, 0.6) is 11.5 Å². The molecule has 0 spiro atoms. The predicted octanol–water partition coefficient (Wildman–Crippen LogP) is 4.66. The number of benzene rings is 3. The third-order valence-electron chi connectivity index (χ3n) is 9.29. The highest BCUT2D eigenvalue weighted by atomic mass is 16.5. The average molecular weight is 631 g/mol. The first-order valence-electron chi connectivity index (χ1n) is 16.9. The summed E-state index contributed by atoms with van der Waals surface area (Å²) in [7, 11) is 0. The Labute approximate surface area is 276 Å². The summed E-state index contributed by atoms with van der Waals surface area (Å²) >= 11 is 0. The van der Waals surface area contributed by atoms with Gasteiger partial charge in [-0.2, -0.15) is 0 Å². The van der Waals surface area contributed by atoms with E-state index in [1.54, 1.807) is 0 Å². The van der Waals surface area contributed by atoms with Crippen LogP contribution in [0.15, 0.2) is 48.5 Å². The maximum atomic E-state index is 10.7. The first-order chi connectivity index (χ1) is 22.0. The molecular formula is C38H54N4O4. The fourth-order valence-corrected chi connectivity index (χ4v) is 7.37. The Balaban J connectivity index is 0.976. The maximum absolute atomic E-state index is 10.7. The number of aryl methyl sites for hydroxylation is 6. The summed E-state index contributed by atoms with van der Waals surface area (Å²) < 4.78 is 11.8. The molecular weight excluding hydrogens is 576 g/mol. The second-order valence-electron chi connectivity index (χ2n) is 13.5. The van der Waals surface area contributed by atoms with Crippen molar-refractivity contribution in [2.24, 2.45) is 0 Å². The Morgan fingerprint density at radius 1 is 0.522 bits per heavy atom. The van der Waals surface area contributed by atoms with E-state index >= 15 is 0 Å². The molecule has 2 saturated heterocycles. The van der Waals surface area contributed by atoms with Crippen LogP contribution in [0.1, 0.15) is 33.4 Å². The van der Waals surface area contributed by atoms with E-state index in [0.717, 1.165) is 52.4 Å². The van der Waals surface area contributed by atoms with Crippen molar-refractivity contribution < 1.29 is 19.7 Å². The van der Waals surface area contributed by atoms with Crippen molar-refractivity contribution in [3.63, 3.8) is 0 Å². The van der Waals surface area contributed by atoms with E-state index in [9.17, 15) is 10.2 Å². The van der Waals surface area contributed by atoms with Crippen molar-refractivity contribution in [3.8, 4) is 11.5 Å². The lowest BCUT2D eigenvalue weighted by Crippen LogP contribution is -2.49. The molecule has 250 valence electrons. The molecule has 2 unspecified atom stereocenters. The predicted molar refractivity (Wildman–Crippen MR) is 188 cm³/mol. The molecule has 3 aromatic carbocycles. The summed E-state index contributed by atoms with van der Waals surface area (Å²) in [6.45, 7) is 22.3. The minimum absolute atomic E-state index is 0.242. The van der Waals surface area contributed by atoms with Crippen molar-refractivity contribution in [2.45, 2.75) is 53.8 Å². The van der Waals surface area contributed by atoms with Gasteiger partial charge in [0.25, 0.3) is 0 Å². The van der Waals surface area contributed by atoms with Crippen LogP contribution < -0.4 is 19.3 Å². The number of β-amino-alcohol motifs (C(OH)–C–C–N with tert-alkyl or cyclic N) is 2. The summed E-state index contributed by atoms with van der Waals surface area (Å²) in [5, 5.41) is 21.3. The smallest absolute Gasteiger partial charge is 0.119 e. The van der Waals surface area contributed by atoms with Gasteiger partial charge in [-0.1, -0.05) is 35.4 Å². The van der Waals surface area contributed by atoms with Gasteiger partial charge in [-0.25, -0.2) is 0 Å². The third kappa shape index (κ3) is 8.94. The van der Waals surface area contributed by atoms with Crippen LogP contribution in [0.2, 0.25) is 0 Å². The monoisotopic (exact) mass is 630 g/mol. The topological polar surface area (TPSA) is 71.9 Å². The van der Waals surface area contributed by atoms with Gasteiger partial charge in [0, 0.05) is 76.8 Å². The van der Waals surface area contributed by atoms with E-state index in [1.165, 1.54) is 44.8 Å². The summed E-state index contributed by atoms with van der Waals surface area (Å²) in [4.78, 5) is 9.58. The molecule has 2 fully saturated rings. The number of piperazine rings is 2. The molecule has 46 heavy (non-hydrogen) atoms. The van der Waals surface area contributed by atoms with Crippen LogP contribution in [0.25, 0.3) is 0 Å². The van der Waals surface area contributed by atoms with E-state index in [2.05, 4.69) is 85.4 Å². The van der Waals surface area contributed by atoms with E-state index in [0.29, 0.717) is 24.6 Å². The van der Waals surface area contributed by atoms with Crippen LogP contribution >= 0.6 is 0 Å². The van der Waals surface area contributed by atoms with Gasteiger partial charge in [0.2, 0.25) is 0 Å². The van der Waals surface area contributed by atoms with Crippen molar-refractivity contribution in [3.05, 3.63) is 81.9 Å². The SMILES string of the molecule is Cc1cc(C)c(N2CCN(CC(O)COc3ccc(OCC(O)CN4CCN(c5c(C)cc(C)cc5C)CC4)cc3)CC2)c(C)c1. The van der Waals surface area contributed by atoms with E-state index < -0.39 is 12.2 Å². The van der Waals surface area contributed by atoms with Crippen LogP contribution in [0, 0.1) is 41.5 Å². The van der Waals surface area contributed by atoms with Gasteiger partial charge in [-0.15, -0.1) is 0 Å². The number of nitrogens with zero attached hydrogens (tertiary/aromatic N) is 4. The quantitative estimate of drug-likeness (QED) is 0.300. The second-order valence-corrected chi connectivity index (χ2v) is 13.5. The Hall–Kier alpha value is -3.30. The molecule has 8 nitrogen and oxygen atoms in total. The highest BCUT2D eigenvalue weighted by Crippen LogP contribution is 2.28. The van der Waals surface area contributed by atoms with Crippen LogP contribution in [-0.2, 0) is 0 Å². The normalized spacial score (nSPS) is 17.7. The molecule has 2 atom stereocenters. The van der Waals surface area contributed by atoms with Crippen molar-refractivity contribution >= 4 is 11.4 Å². The molecule has 0 aromatic heterocycles. The first kappa shape index (κ1) is 34.0. The zero-order valence-corrected chi connectivity index (χ0v) is 28.8. The lowest BCUT2D eigenvalue weighted by atomic mass is 10.0. The van der Waals surface area contributed by atoms with Crippen molar-refractivity contribution in [1.82, 2.24) is 9.80 Å². The van der Waals surface area contributed by atoms with Gasteiger partial charge in [0.05, 0.1) is 0 Å². The van der Waals surface area contributed by atoms with Gasteiger partial charge < -0.3 is 29.5 Å². The minimum Gasteiger partial charge on any atom is -0.491 e. The summed E-state index contributed by atoms with van der Waals surface area (Å²) in [6.07, 6.45) is -1.13. The molecule has 8 heteroatoms. The molecule has 2 N–H and O–H groups in total. The second kappa shape index (κ2) is 15.5. The molecule has 2 aliphatic rings. The number of aliphatic hydroxyl groups excluding tert-OH is 2. The molecule has 0 radical (unpaired) electrons. The fourth-order valence-electron chi connectivity index (χ4n) is 7.37. The molecule has 0 aliphatic carbocycles. The fraction of sp³-hybridized carbons (Fsp3) is 0.526. The number of rotatable bonds is 12. The van der Waals surface area contributed by atoms with Gasteiger partial charge >= 0.3 is 0 Å². The van der Waals surface area contributed by atoms with E-state index in [1.807, 2.05) is 24.3 Å². The minimum atomic E-state index is -0.563. The molecule has 0 amide bonds. The Morgan fingerprint density at radius 2 is 0.826 bits per heavy atom. The zero-order valence-electron chi connectivity index (χ0n) is 28.8. The molecule has 0 saturated carbocycles. The molecule has 2 heterocycles. The summed E-state index contributed by atoms with van der Waals surface area (Å²) in [5.74, 6) is 1.39. The molecule has 0 bridgehead atoms. The summed E-state index contributed by atoms with van der Waals surface area (Å²) in [5.41, 5.74) is 10.7. The number of aliphatic hydroxyl groups is 2. The number of hydrogen-bond acceptors (Lipinski definition) is 8. The largest absolute Gasteiger partial charge is 0.491 e. The van der Waals surface area contributed by atoms with Crippen LogP contribution in [0.4, 0.5) is 11.4 Å². The maximum Gasteiger partial charge on any atom is 0.119 e. The average Bonchev–Trinajstić information content (AvgIpc) is 3.00. The highest BCUT2D eigenvalue weighted by Gasteiger charge is 2.23. The Kier molecular flexibility index (Phi) is 11.5. The van der Waals surface area contributed by atoms with Crippen molar-refractivity contribution in [2.75, 3.05) is 88.5 Å². The van der Waals surface area contributed by atoms with Gasteiger partial charge in [-0.05, 0) is 88.1 Å². The standard InChI is InChI=1S/C38H54N4O4/c1-27-19-29(3)37(30(4)20-27)41-15-11-39(12-16-41)23-33(43)25-45-35-7-9-36(10-8-35)46-26-34(44)24-40-13-17-42(18-14-40)38-31(5)21-28(2)22-32(38)6/h7-10,19-22,33-34,43-44H,11-18,23-26H2,1-6H3. The summed E-state index contributed by atoms with van der Waals surface area (Å²) in [6, 6.07) is 16.5.